The zero-order valence-electron chi connectivity index (χ0n) is 13.1. The van der Waals surface area contributed by atoms with Gasteiger partial charge < -0.3 is 10.0 Å². The average molecular weight is 303 g/mol. The van der Waals surface area contributed by atoms with Crippen molar-refractivity contribution in [2.45, 2.75) is 51.4 Å². The summed E-state index contributed by atoms with van der Waals surface area (Å²) in [6.07, 6.45) is 8.25. The lowest BCUT2D eigenvalue weighted by atomic mass is 10.0. The van der Waals surface area contributed by atoms with Gasteiger partial charge in [0.2, 0.25) is 5.91 Å². The Labute approximate surface area is 132 Å². The Morgan fingerprint density at radius 2 is 1.59 bits per heavy atom. The zero-order valence-corrected chi connectivity index (χ0v) is 13.1. The summed E-state index contributed by atoms with van der Waals surface area (Å²) in [5.74, 6) is -0.559. The number of likely N-dealkylation sites (tertiary alicyclic amines) is 1. The Hall–Kier alpha value is -1.84. The molecule has 0 spiro atoms. The van der Waals surface area contributed by atoms with Crippen LogP contribution in [0, 0.1) is 0 Å². The standard InChI is InChI=1S/C18H25NO3/c20-17(19-13-5-6-14-19)8-4-2-1-3-7-15-9-11-16(12-10-15)18(21)22/h9-12H,1-8,13-14H2,(H,21,22). The van der Waals surface area contributed by atoms with Gasteiger partial charge in [-0.3, -0.25) is 4.79 Å². The van der Waals surface area contributed by atoms with Gasteiger partial charge in [-0.25, -0.2) is 4.79 Å². The molecule has 0 aromatic heterocycles. The third-order valence-electron chi connectivity index (χ3n) is 4.27. The molecule has 0 unspecified atom stereocenters. The van der Waals surface area contributed by atoms with Gasteiger partial charge in [-0.05, 0) is 49.8 Å². The van der Waals surface area contributed by atoms with E-state index in [0.29, 0.717) is 17.9 Å². The second-order valence-corrected chi connectivity index (χ2v) is 6.00. The summed E-state index contributed by atoms with van der Waals surface area (Å²) in [5, 5.41) is 8.84. The number of unbranched alkanes of at least 4 members (excludes halogenated alkanes) is 3. The number of carboxylic acids is 1. The molecule has 120 valence electrons. The van der Waals surface area contributed by atoms with Crippen LogP contribution < -0.4 is 0 Å². The number of hydrogen-bond acceptors (Lipinski definition) is 2. The number of benzene rings is 1. The van der Waals surface area contributed by atoms with E-state index in [1.54, 1.807) is 12.1 Å². The fourth-order valence-corrected chi connectivity index (χ4v) is 2.90. The Morgan fingerprint density at radius 1 is 0.955 bits per heavy atom. The van der Waals surface area contributed by atoms with E-state index in [1.165, 1.54) is 5.56 Å². The van der Waals surface area contributed by atoms with E-state index in [2.05, 4.69) is 0 Å². The number of carbonyl (C=O) groups excluding carboxylic acids is 1. The highest BCUT2D eigenvalue weighted by Crippen LogP contribution is 2.13. The topological polar surface area (TPSA) is 57.6 Å². The minimum Gasteiger partial charge on any atom is -0.478 e. The molecule has 0 radical (unpaired) electrons. The molecule has 1 aromatic carbocycles. The van der Waals surface area contributed by atoms with Crippen LogP contribution in [0.1, 0.15) is 60.9 Å². The molecule has 2 rings (SSSR count). The molecule has 0 atom stereocenters. The van der Waals surface area contributed by atoms with Gasteiger partial charge in [0, 0.05) is 19.5 Å². The van der Waals surface area contributed by atoms with Gasteiger partial charge >= 0.3 is 5.97 Å². The van der Waals surface area contributed by atoms with E-state index in [-0.39, 0.29) is 0 Å². The molecular weight excluding hydrogens is 278 g/mol. The molecule has 1 heterocycles. The van der Waals surface area contributed by atoms with Crippen LogP contribution in [0.15, 0.2) is 24.3 Å². The fraction of sp³-hybridized carbons (Fsp3) is 0.556. The lowest BCUT2D eigenvalue weighted by molar-refractivity contribution is -0.130. The Balaban J connectivity index is 1.55. The van der Waals surface area contributed by atoms with Crippen molar-refractivity contribution in [1.29, 1.82) is 0 Å². The predicted molar refractivity (Wildman–Crippen MR) is 86.0 cm³/mol. The largest absolute Gasteiger partial charge is 0.478 e. The summed E-state index contributed by atoms with van der Waals surface area (Å²) >= 11 is 0. The molecule has 0 saturated carbocycles. The monoisotopic (exact) mass is 303 g/mol. The normalized spacial score (nSPS) is 14.3. The Kier molecular flexibility index (Phi) is 6.44. The van der Waals surface area contributed by atoms with E-state index in [0.717, 1.165) is 58.0 Å². The highest BCUT2D eigenvalue weighted by molar-refractivity contribution is 5.87. The number of carbonyl (C=O) groups is 2. The second kappa shape index (κ2) is 8.57. The minimum absolute atomic E-state index is 0.321. The van der Waals surface area contributed by atoms with Gasteiger partial charge in [0.15, 0.2) is 0 Å². The highest BCUT2D eigenvalue weighted by Gasteiger charge is 2.16. The molecule has 1 saturated heterocycles. The average Bonchev–Trinajstić information content (AvgIpc) is 3.05. The first kappa shape index (κ1) is 16.5. The summed E-state index contributed by atoms with van der Waals surface area (Å²) < 4.78 is 0. The maximum Gasteiger partial charge on any atom is 0.335 e. The number of rotatable bonds is 8. The summed E-state index contributed by atoms with van der Waals surface area (Å²) in [6, 6.07) is 7.10. The molecule has 0 bridgehead atoms. The fourth-order valence-electron chi connectivity index (χ4n) is 2.90. The molecule has 22 heavy (non-hydrogen) atoms. The van der Waals surface area contributed by atoms with Crippen LogP contribution in [-0.2, 0) is 11.2 Å². The molecule has 1 aromatic rings. The van der Waals surface area contributed by atoms with Crippen molar-refractivity contribution in [1.82, 2.24) is 4.90 Å². The Bertz CT molecular complexity index is 490. The van der Waals surface area contributed by atoms with Crippen LogP contribution in [0.3, 0.4) is 0 Å². The first-order valence-corrected chi connectivity index (χ1v) is 8.27. The van der Waals surface area contributed by atoms with E-state index >= 15 is 0 Å². The van der Waals surface area contributed by atoms with Crippen molar-refractivity contribution in [3.05, 3.63) is 35.4 Å². The number of carboxylic acid groups (broad SMARTS) is 1. The number of amides is 1. The lowest BCUT2D eigenvalue weighted by Gasteiger charge is -2.14. The van der Waals surface area contributed by atoms with Crippen LogP contribution in [0.2, 0.25) is 0 Å². The van der Waals surface area contributed by atoms with Crippen molar-refractivity contribution in [3.8, 4) is 0 Å². The molecule has 1 fully saturated rings. The van der Waals surface area contributed by atoms with Crippen LogP contribution in [-0.4, -0.2) is 35.0 Å². The molecule has 4 nitrogen and oxygen atoms in total. The molecular formula is C18H25NO3. The van der Waals surface area contributed by atoms with Gasteiger partial charge in [0.1, 0.15) is 0 Å². The maximum atomic E-state index is 11.9. The first-order valence-electron chi connectivity index (χ1n) is 8.27. The third-order valence-corrected chi connectivity index (χ3v) is 4.27. The van der Waals surface area contributed by atoms with E-state index in [4.69, 9.17) is 5.11 Å². The van der Waals surface area contributed by atoms with E-state index < -0.39 is 5.97 Å². The summed E-state index contributed by atoms with van der Waals surface area (Å²) in [5.41, 5.74) is 1.52. The maximum absolute atomic E-state index is 11.9. The number of aromatic carboxylic acids is 1. The summed E-state index contributed by atoms with van der Waals surface area (Å²) in [7, 11) is 0. The van der Waals surface area contributed by atoms with Gasteiger partial charge in [0.25, 0.3) is 0 Å². The van der Waals surface area contributed by atoms with Gasteiger partial charge in [-0.2, -0.15) is 0 Å². The molecule has 0 aliphatic carbocycles. The number of aryl methyl sites for hydroxylation is 1. The first-order chi connectivity index (χ1) is 10.7. The molecule has 1 amide bonds. The highest BCUT2D eigenvalue weighted by atomic mass is 16.4. The minimum atomic E-state index is -0.880. The van der Waals surface area contributed by atoms with Crippen molar-refractivity contribution in [3.63, 3.8) is 0 Å². The van der Waals surface area contributed by atoms with Crippen molar-refractivity contribution >= 4 is 11.9 Å². The quantitative estimate of drug-likeness (QED) is 0.748. The van der Waals surface area contributed by atoms with Crippen LogP contribution in [0.4, 0.5) is 0 Å². The van der Waals surface area contributed by atoms with Crippen molar-refractivity contribution in [2.75, 3.05) is 13.1 Å². The third kappa shape index (κ3) is 5.17. The molecule has 1 aliphatic heterocycles. The van der Waals surface area contributed by atoms with Gasteiger partial charge in [-0.1, -0.05) is 25.0 Å². The molecule has 1 N–H and O–H groups in total. The van der Waals surface area contributed by atoms with Crippen LogP contribution in [0.5, 0.6) is 0 Å². The SMILES string of the molecule is O=C(O)c1ccc(CCCCCCC(=O)N2CCCC2)cc1. The van der Waals surface area contributed by atoms with Crippen molar-refractivity contribution < 1.29 is 14.7 Å². The predicted octanol–water partition coefficient (Wildman–Crippen LogP) is 3.50. The van der Waals surface area contributed by atoms with Gasteiger partial charge in [0.05, 0.1) is 5.56 Å². The van der Waals surface area contributed by atoms with Crippen molar-refractivity contribution in [2.24, 2.45) is 0 Å². The summed E-state index contributed by atoms with van der Waals surface area (Å²) in [6.45, 7) is 1.90. The van der Waals surface area contributed by atoms with E-state index in [9.17, 15) is 9.59 Å². The molecule has 1 aliphatic rings. The number of hydrogen-bond donors (Lipinski definition) is 1. The zero-order chi connectivity index (χ0) is 15.8. The lowest BCUT2D eigenvalue weighted by Crippen LogP contribution is -2.27. The summed E-state index contributed by atoms with van der Waals surface area (Å²) in [4.78, 5) is 24.6. The van der Waals surface area contributed by atoms with E-state index in [1.807, 2.05) is 17.0 Å². The van der Waals surface area contributed by atoms with Crippen LogP contribution in [0.25, 0.3) is 0 Å². The second-order valence-electron chi connectivity index (χ2n) is 6.00. The van der Waals surface area contributed by atoms with Gasteiger partial charge in [-0.15, -0.1) is 0 Å². The smallest absolute Gasteiger partial charge is 0.335 e. The Morgan fingerprint density at radius 3 is 2.23 bits per heavy atom. The molecule has 4 heteroatoms. The van der Waals surface area contributed by atoms with Crippen LogP contribution >= 0.6 is 0 Å². The number of nitrogens with zero attached hydrogens (tertiary/aromatic N) is 1.